The van der Waals surface area contributed by atoms with Crippen LogP contribution in [0.15, 0.2) is 6.33 Å². The predicted octanol–water partition coefficient (Wildman–Crippen LogP) is 0.941. The Bertz CT molecular complexity index is 455. The van der Waals surface area contributed by atoms with E-state index in [1.54, 1.807) is 0 Å². The number of rotatable bonds is 3. The molecule has 1 amide bonds. The summed E-state index contributed by atoms with van der Waals surface area (Å²) in [5.41, 5.74) is 0. The van der Waals surface area contributed by atoms with Crippen molar-refractivity contribution in [1.82, 2.24) is 19.7 Å². The molecule has 0 aliphatic heterocycles. The normalized spacial score (nSPS) is 16.2. The highest BCUT2D eigenvalue weighted by Gasteiger charge is 2.22. The van der Waals surface area contributed by atoms with Crippen molar-refractivity contribution in [3.05, 3.63) is 12.2 Å². The lowest BCUT2D eigenvalue weighted by Crippen LogP contribution is -2.40. The Kier molecular flexibility index (Phi) is 3.92. The van der Waals surface area contributed by atoms with Gasteiger partial charge < -0.3 is 4.90 Å². The third kappa shape index (κ3) is 2.86. The van der Waals surface area contributed by atoms with E-state index in [1.807, 2.05) is 18.0 Å². The molecule has 0 bridgehead atoms. The van der Waals surface area contributed by atoms with Crippen LogP contribution in [0.3, 0.4) is 0 Å². The van der Waals surface area contributed by atoms with Gasteiger partial charge in [-0.2, -0.15) is 5.26 Å². The minimum Gasteiger partial charge on any atom is -0.341 e. The maximum absolute atomic E-state index is 12.1. The van der Waals surface area contributed by atoms with Gasteiger partial charge in [0.1, 0.15) is 18.9 Å². The number of aromatic nitrogens is 3. The molecule has 1 aliphatic rings. The summed E-state index contributed by atoms with van der Waals surface area (Å²) in [5, 5.41) is 12.5. The van der Waals surface area contributed by atoms with Crippen LogP contribution in [0.5, 0.6) is 0 Å². The molecule has 18 heavy (non-hydrogen) atoms. The van der Waals surface area contributed by atoms with E-state index >= 15 is 0 Å². The molecule has 0 spiro atoms. The lowest BCUT2D eigenvalue weighted by molar-refractivity contribution is -0.133. The number of carbonyl (C=O) groups is 1. The van der Waals surface area contributed by atoms with E-state index in [1.165, 1.54) is 30.3 Å². The summed E-state index contributed by atoms with van der Waals surface area (Å²) in [5.74, 6) is 0.124. The van der Waals surface area contributed by atoms with E-state index in [-0.39, 0.29) is 18.3 Å². The number of nitriles is 1. The Morgan fingerprint density at radius 2 is 2.28 bits per heavy atom. The fourth-order valence-corrected chi connectivity index (χ4v) is 2.34. The van der Waals surface area contributed by atoms with Crippen molar-refractivity contribution in [3.63, 3.8) is 0 Å². The summed E-state index contributed by atoms with van der Waals surface area (Å²) in [6, 6.07) is 2.20. The smallest absolute Gasteiger partial charge is 0.252 e. The average molecular weight is 247 g/mol. The van der Waals surface area contributed by atoms with Crippen molar-refractivity contribution in [3.8, 4) is 6.07 Å². The van der Waals surface area contributed by atoms with Crippen molar-refractivity contribution in [2.75, 3.05) is 7.05 Å². The zero-order chi connectivity index (χ0) is 13.0. The quantitative estimate of drug-likeness (QED) is 0.796. The van der Waals surface area contributed by atoms with Gasteiger partial charge in [0, 0.05) is 13.1 Å². The lowest BCUT2D eigenvalue weighted by atomic mass is 9.94. The molecular weight excluding hydrogens is 230 g/mol. The summed E-state index contributed by atoms with van der Waals surface area (Å²) in [6.07, 6.45) is 7.26. The fraction of sp³-hybridized carbons (Fsp3) is 0.667. The molecule has 0 N–H and O–H groups in total. The second kappa shape index (κ2) is 5.63. The number of hydrogen-bond donors (Lipinski definition) is 0. The number of hydrogen-bond acceptors (Lipinski definition) is 4. The second-order valence-corrected chi connectivity index (χ2v) is 4.67. The zero-order valence-electron chi connectivity index (χ0n) is 10.5. The average Bonchev–Trinajstić information content (AvgIpc) is 2.86. The van der Waals surface area contributed by atoms with Gasteiger partial charge in [-0.25, -0.2) is 9.67 Å². The van der Waals surface area contributed by atoms with Crippen LogP contribution >= 0.6 is 0 Å². The first kappa shape index (κ1) is 12.6. The maximum atomic E-state index is 12.1. The first-order chi connectivity index (χ1) is 8.70. The Morgan fingerprint density at radius 3 is 2.89 bits per heavy atom. The highest BCUT2D eigenvalue weighted by Crippen LogP contribution is 2.21. The molecule has 0 aromatic carbocycles. The molecule has 96 valence electrons. The maximum Gasteiger partial charge on any atom is 0.252 e. The van der Waals surface area contributed by atoms with Crippen LogP contribution in [0.2, 0.25) is 0 Å². The monoisotopic (exact) mass is 247 g/mol. The molecular formula is C12H17N5O. The van der Waals surface area contributed by atoms with Gasteiger partial charge in [0.25, 0.3) is 5.82 Å². The van der Waals surface area contributed by atoms with Gasteiger partial charge in [0.15, 0.2) is 0 Å². The van der Waals surface area contributed by atoms with Crippen molar-refractivity contribution in [2.45, 2.75) is 44.7 Å². The van der Waals surface area contributed by atoms with Gasteiger partial charge in [-0.3, -0.25) is 4.79 Å². The molecule has 0 radical (unpaired) electrons. The van der Waals surface area contributed by atoms with E-state index in [9.17, 15) is 4.79 Å². The van der Waals surface area contributed by atoms with Crippen LogP contribution in [0, 0.1) is 11.3 Å². The van der Waals surface area contributed by atoms with Crippen molar-refractivity contribution < 1.29 is 4.79 Å². The summed E-state index contributed by atoms with van der Waals surface area (Å²) >= 11 is 0. The van der Waals surface area contributed by atoms with Gasteiger partial charge in [-0.15, -0.1) is 5.10 Å². The van der Waals surface area contributed by atoms with Crippen LogP contribution < -0.4 is 0 Å². The SMILES string of the molecule is CN(C(=O)Cn1cnc(C#N)n1)C1CCCCC1. The predicted molar refractivity (Wildman–Crippen MR) is 64.4 cm³/mol. The largest absolute Gasteiger partial charge is 0.341 e. The Balaban J connectivity index is 1.92. The van der Waals surface area contributed by atoms with Crippen molar-refractivity contribution in [1.29, 1.82) is 5.26 Å². The highest BCUT2D eigenvalue weighted by molar-refractivity contribution is 5.75. The van der Waals surface area contributed by atoms with E-state index in [4.69, 9.17) is 5.26 Å². The van der Waals surface area contributed by atoms with Gasteiger partial charge in [0.2, 0.25) is 5.91 Å². The fourth-order valence-electron chi connectivity index (χ4n) is 2.34. The molecule has 1 aromatic heterocycles. The molecule has 1 aromatic rings. The third-order valence-electron chi connectivity index (χ3n) is 3.45. The van der Waals surface area contributed by atoms with Gasteiger partial charge in [-0.05, 0) is 12.8 Å². The Labute approximate surface area is 106 Å². The first-order valence-corrected chi connectivity index (χ1v) is 6.26. The molecule has 0 saturated heterocycles. The molecule has 6 heteroatoms. The second-order valence-electron chi connectivity index (χ2n) is 4.67. The standard InChI is InChI=1S/C12H17N5O/c1-16(10-5-3-2-4-6-10)12(18)8-17-9-14-11(7-13)15-17/h9-10H,2-6,8H2,1H3. The summed E-state index contributed by atoms with van der Waals surface area (Å²) in [7, 11) is 1.85. The van der Waals surface area contributed by atoms with Crippen LogP contribution in [0.4, 0.5) is 0 Å². The lowest BCUT2D eigenvalue weighted by Gasteiger charge is -2.31. The van der Waals surface area contributed by atoms with Crippen LogP contribution in [0.1, 0.15) is 37.9 Å². The van der Waals surface area contributed by atoms with Crippen LogP contribution in [-0.4, -0.2) is 38.7 Å². The molecule has 6 nitrogen and oxygen atoms in total. The molecule has 0 unspecified atom stereocenters. The summed E-state index contributed by atoms with van der Waals surface area (Å²) in [6.45, 7) is 0.154. The van der Waals surface area contributed by atoms with Gasteiger partial charge in [0.05, 0.1) is 0 Å². The molecule has 2 rings (SSSR count). The molecule has 1 heterocycles. The van der Waals surface area contributed by atoms with E-state index < -0.39 is 0 Å². The molecule has 0 atom stereocenters. The van der Waals surface area contributed by atoms with E-state index in [2.05, 4.69) is 10.1 Å². The van der Waals surface area contributed by atoms with Crippen molar-refractivity contribution >= 4 is 5.91 Å². The van der Waals surface area contributed by atoms with Crippen molar-refractivity contribution in [2.24, 2.45) is 0 Å². The molecule has 1 saturated carbocycles. The minimum atomic E-state index is 0.0243. The van der Waals surface area contributed by atoms with Gasteiger partial charge >= 0.3 is 0 Å². The van der Waals surface area contributed by atoms with Crippen LogP contribution in [0.25, 0.3) is 0 Å². The Morgan fingerprint density at radius 1 is 1.56 bits per heavy atom. The molecule has 1 aliphatic carbocycles. The third-order valence-corrected chi connectivity index (χ3v) is 3.45. The van der Waals surface area contributed by atoms with E-state index in [0.29, 0.717) is 6.04 Å². The molecule has 1 fully saturated rings. The summed E-state index contributed by atoms with van der Waals surface area (Å²) in [4.78, 5) is 17.7. The van der Waals surface area contributed by atoms with Gasteiger partial charge in [-0.1, -0.05) is 19.3 Å². The topological polar surface area (TPSA) is 74.8 Å². The Hall–Kier alpha value is -1.90. The number of likely N-dealkylation sites (N-methyl/N-ethyl adjacent to an activating group) is 1. The minimum absolute atomic E-state index is 0.0243. The number of nitrogens with zero attached hydrogens (tertiary/aromatic N) is 5. The zero-order valence-corrected chi connectivity index (χ0v) is 10.5. The first-order valence-electron chi connectivity index (χ1n) is 6.26. The number of amides is 1. The van der Waals surface area contributed by atoms with Crippen LogP contribution in [-0.2, 0) is 11.3 Å². The van der Waals surface area contributed by atoms with E-state index in [0.717, 1.165) is 12.8 Å². The number of carbonyl (C=O) groups excluding carboxylic acids is 1. The highest BCUT2D eigenvalue weighted by atomic mass is 16.2. The summed E-state index contributed by atoms with van der Waals surface area (Å²) < 4.78 is 1.42.